The summed E-state index contributed by atoms with van der Waals surface area (Å²) in [5.74, 6) is 1.98. The molecule has 0 aliphatic heterocycles. The number of methoxy groups -OCH3 is 4. The molecule has 0 aliphatic carbocycles. The summed E-state index contributed by atoms with van der Waals surface area (Å²) in [6, 6.07) is 3.63. The van der Waals surface area contributed by atoms with Gasteiger partial charge >= 0.3 is 0 Å². The van der Waals surface area contributed by atoms with E-state index in [2.05, 4.69) is 5.32 Å². The Morgan fingerprint density at radius 2 is 1.57 bits per heavy atom. The Kier molecular flexibility index (Phi) is 7.28. The molecule has 0 saturated carbocycles. The third-order valence-corrected chi connectivity index (χ3v) is 3.40. The molecule has 0 saturated heterocycles. The number of nitrogens with two attached hydrogens (primary N) is 1. The standard InChI is InChI=1S/C15H26N2O4/c1-10(18-2)9-17-12(8-16)11-6-14(20-4)15(21-5)7-13(11)19-3/h6-7,10,12,17H,8-9,16H2,1-5H3. The van der Waals surface area contributed by atoms with E-state index in [1.165, 1.54) is 0 Å². The molecule has 0 aromatic heterocycles. The average Bonchev–Trinajstić information content (AvgIpc) is 2.54. The largest absolute Gasteiger partial charge is 0.496 e. The Balaban J connectivity index is 3.06. The van der Waals surface area contributed by atoms with Crippen LogP contribution in [0.5, 0.6) is 17.2 Å². The molecule has 0 heterocycles. The van der Waals surface area contributed by atoms with Crippen LogP contribution in [0.4, 0.5) is 0 Å². The summed E-state index contributed by atoms with van der Waals surface area (Å²) in [5.41, 5.74) is 6.82. The number of hydrogen-bond acceptors (Lipinski definition) is 6. The second kappa shape index (κ2) is 8.71. The van der Waals surface area contributed by atoms with Crippen molar-refractivity contribution < 1.29 is 18.9 Å². The number of hydrogen-bond donors (Lipinski definition) is 2. The Labute approximate surface area is 126 Å². The zero-order chi connectivity index (χ0) is 15.8. The molecule has 6 nitrogen and oxygen atoms in total. The Morgan fingerprint density at radius 3 is 2.05 bits per heavy atom. The van der Waals surface area contributed by atoms with Gasteiger partial charge in [0.1, 0.15) is 5.75 Å². The van der Waals surface area contributed by atoms with E-state index in [0.29, 0.717) is 30.3 Å². The predicted molar refractivity (Wildman–Crippen MR) is 82.4 cm³/mol. The average molecular weight is 298 g/mol. The Hall–Kier alpha value is -1.50. The van der Waals surface area contributed by atoms with E-state index in [-0.39, 0.29) is 12.1 Å². The van der Waals surface area contributed by atoms with Crippen molar-refractivity contribution in [3.05, 3.63) is 17.7 Å². The maximum absolute atomic E-state index is 5.89. The summed E-state index contributed by atoms with van der Waals surface area (Å²) in [7, 11) is 6.50. The van der Waals surface area contributed by atoms with E-state index in [1.54, 1.807) is 34.5 Å². The molecule has 1 aromatic carbocycles. The van der Waals surface area contributed by atoms with Crippen molar-refractivity contribution in [2.24, 2.45) is 5.73 Å². The topological polar surface area (TPSA) is 75.0 Å². The van der Waals surface area contributed by atoms with Crippen LogP contribution in [0.2, 0.25) is 0 Å². The summed E-state index contributed by atoms with van der Waals surface area (Å²) in [6.07, 6.45) is 0.102. The molecule has 120 valence electrons. The minimum absolute atomic E-state index is 0.0580. The monoisotopic (exact) mass is 298 g/mol. The molecule has 0 bridgehead atoms. The van der Waals surface area contributed by atoms with E-state index in [9.17, 15) is 0 Å². The van der Waals surface area contributed by atoms with Gasteiger partial charge in [0.15, 0.2) is 11.5 Å². The van der Waals surface area contributed by atoms with Gasteiger partial charge in [-0.1, -0.05) is 0 Å². The second-order valence-electron chi connectivity index (χ2n) is 4.69. The molecule has 0 aliphatic rings. The van der Waals surface area contributed by atoms with E-state index < -0.39 is 0 Å². The van der Waals surface area contributed by atoms with Crippen LogP contribution in [-0.2, 0) is 4.74 Å². The van der Waals surface area contributed by atoms with Crippen LogP contribution in [0.15, 0.2) is 12.1 Å². The summed E-state index contributed by atoms with van der Waals surface area (Å²) >= 11 is 0. The van der Waals surface area contributed by atoms with Crippen LogP contribution >= 0.6 is 0 Å². The fourth-order valence-electron chi connectivity index (χ4n) is 2.04. The number of nitrogens with one attached hydrogen (secondary N) is 1. The molecular weight excluding hydrogens is 272 g/mol. The first-order valence-corrected chi connectivity index (χ1v) is 6.87. The lowest BCUT2D eigenvalue weighted by atomic mass is 10.0. The van der Waals surface area contributed by atoms with Gasteiger partial charge in [0.2, 0.25) is 0 Å². The van der Waals surface area contributed by atoms with E-state index in [4.69, 9.17) is 24.7 Å². The normalized spacial score (nSPS) is 13.6. The van der Waals surface area contributed by atoms with Crippen molar-refractivity contribution in [1.82, 2.24) is 5.32 Å². The van der Waals surface area contributed by atoms with Crippen molar-refractivity contribution in [2.45, 2.75) is 19.1 Å². The molecule has 2 atom stereocenters. The highest BCUT2D eigenvalue weighted by molar-refractivity contribution is 5.52. The molecule has 0 amide bonds. The lowest BCUT2D eigenvalue weighted by molar-refractivity contribution is 0.114. The zero-order valence-electron chi connectivity index (χ0n) is 13.4. The molecule has 21 heavy (non-hydrogen) atoms. The number of ether oxygens (including phenoxy) is 4. The number of rotatable bonds is 9. The van der Waals surface area contributed by atoms with Crippen molar-refractivity contribution >= 4 is 0 Å². The summed E-state index contributed by atoms with van der Waals surface area (Å²) < 4.78 is 21.3. The zero-order valence-corrected chi connectivity index (χ0v) is 13.4. The molecule has 0 spiro atoms. The van der Waals surface area contributed by atoms with Gasteiger partial charge in [-0.15, -0.1) is 0 Å². The van der Waals surface area contributed by atoms with Gasteiger partial charge in [-0.2, -0.15) is 0 Å². The Bertz CT molecular complexity index is 440. The molecule has 1 aromatic rings. The van der Waals surface area contributed by atoms with Crippen LogP contribution in [0, 0.1) is 0 Å². The minimum atomic E-state index is -0.0580. The molecule has 3 N–H and O–H groups in total. The quantitative estimate of drug-likeness (QED) is 0.716. The minimum Gasteiger partial charge on any atom is -0.496 e. The van der Waals surface area contributed by atoms with Crippen LogP contribution in [0.25, 0.3) is 0 Å². The van der Waals surface area contributed by atoms with Gasteiger partial charge in [0.25, 0.3) is 0 Å². The van der Waals surface area contributed by atoms with Gasteiger partial charge in [-0.05, 0) is 13.0 Å². The summed E-state index contributed by atoms with van der Waals surface area (Å²) in [4.78, 5) is 0. The smallest absolute Gasteiger partial charge is 0.164 e. The molecule has 6 heteroatoms. The van der Waals surface area contributed by atoms with Gasteiger partial charge in [-0.25, -0.2) is 0 Å². The summed E-state index contributed by atoms with van der Waals surface area (Å²) in [6.45, 7) is 3.12. The van der Waals surface area contributed by atoms with Crippen molar-refractivity contribution in [3.63, 3.8) is 0 Å². The maximum Gasteiger partial charge on any atom is 0.164 e. The molecular formula is C15H26N2O4. The van der Waals surface area contributed by atoms with E-state index >= 15 is 0 Å². The van der Waals surface area contributed by atoms with Crippen LogP contribution < -0.4 is 25.3 Å². The van der Waals surface area contributed by atoms with Crippen LogP contribution in [0.1, 0.15) is 18.5 Å². The first kappa shape index (κ1) is 17.6. The highest BCUT2D eigenvalue weighted by atomic mass is 16.5. The van der Waals surface area contributed by atoms with Gasteiger partial charge in [-0.3, -0.25) is 0 Å². The SMILES string of the molecule is COc1cc(OC)c(C(CN)NCC(C)OC)cc1OC. The van der Waals surface area contributed by atoms with Gasteiger partial charge in [0.05, 0.1) is 27.4 Å². The highest BCUT2D eigenvalue weighted by Crippen LogP contribution is 2.37. The highest BCUT2D eigenvalue weighted by Gasteiger charge is 2.19. The number of benzene rings is 1. The lowest BCUT2D eigenvalue weighted by Crippen LogP contribution is -2.34. The molecule has 2 unspecified atom stereocenters. The molecule has 0 fully saturated rings. The third kappa shape index (κ3) is 4.49. The van der Waals surface area contributed by atoms with Gasteiger partial charge in [0, 0.05) is 37.9 Å². The third-order valence-electron chi connectivity index (χ3n) is 3.40. The fraction of sp³-hybridized carbons (Fsp3) is 0.600. The maximum atomic E-state index is 5.89. The fourth-order valence-corrected chi connectivity index (χ4v) is 2.04. The lowest BCUT2D eigenvalue weighted by Gasteiger charge is -2.23. The Morgan fingerprint density at radius 1 is 1.00 bits per heavy atom. The molecule has 0 radical (unpaired) electrons. The van der Waals surface area contributed by atoms with Crippen molar-refractivity contribution in [3.8, 4) is 17.2 Å². The molecule has 1 rings (SSSR count). The van der Waals surface area contributed by atoms with Crippen molar-refractivity contribution in [1.29, 1.82) is 0 Å². The van der Waals surface area contributed by atoms with Gasteiger partial charge < -0.3 is 30.0 Å². The van der Waals surface area contributed by atoms with E-state index in [1.807, 2.05) is 13.0 Å². The van der Waals surface area contributed by atoms with Crippen molar-refractivity contribution in [2.75, 3.05) is 41.5 Å². The van der Waals surface area contributed by atoms with E-state index in [0.717, 1.165) is 5.56 Å². The first-order valence-electron chi connectivity index (χ1n) is 6.87. The predicted octanol–water partition coefficient (Wildman–Crippen LogP) is 1.34. The second-order valence-corrected chi connectivity index (χ2v) is 4.69. The first-order chi connectivity index (χ1) is 10.1. The van der Waals surface area contributed by atoms with Crippen LogP contribution in [-0.4, -0.2) is 47.6 Å². The van der Waals surface area contributed by atoms with Crippen LogP contribution in [0.3, 0.4) is 0 Å². The summed E-state index contributed by atoms with van der Waals surface area (Å²) in [5, 5.41) is 3.37.